The van der Waals surface area contributed by atoms with E-state index in [4.69, 9.17) is 0 Å². The molecule has 1 N–H and O–H groups in total. The summed E-state index contributed by atoms with van der Waals surface area (Å²) in [5.74, 6) is 0.430. The molecule has 4 aromatic rings. The molecule has 1 aromatic carbocycles. The lowest BCUT2D eigenvalue weighted by molar-refractivity contribution is -0.115. The van der Waals surface area contributed by atoms with Crippen molar-refractivity contribution in [3.63, 3.8) is 0 Å². The van der Waals surface area contributed by atoms with Gasteiger partial charge in [0.1, 0.15) is 5.82 Å². The van der Waals surface area contributed by atoms with Gasteiger partial charge in [0, 0.05) is 30.4 Å². The van der Waals surface area contributed by atoms with Crippen LogP contribution < -0.4 is 5.32 Å². The molecule has 3 heterocycles. The van der Waals surface area contributed by atoms with Crippen LogP contribution in [0.25, 0.3) is 22.4 Å². The number of benzene rings is 1. The fourth-order valence-electron chi connectivity index (χ4n) is 3.22. The number of anilines is 1. The molecule has 5 nitrogen and oxygen atoms in total. The second-order valence-corrected chi connectivity index (χ2v) is 6.76. The molecule has 0 saturated carbocycles. The largest absolute Gasteiger partial charge is 0.310 e. The Morgan fingerprint density at radius 1 is 0.897 bits per heavy atom. The Hall–Kier alpha value is -3.86. The Balaban J connectivity index is 1.41. The van der Waals surface area contributed by atoms with E-state index < -0.39 is 0 Å². The zero-order valence-electron chi connectivity index (χ0n) is 16.0. The Kier molecular flexibility index (Phi) is 5.38. The Labute approximate surface area is 169 Å². The van der Waals surface area contributed by atoms with Crippen molar-refractivity contribution in [2.24, 2.45) is 0 Å². The average molecular weight is 380 g/mol. The molecule has 142 valence electrons. The molecule has 0 saturated heterocycles. The lowest BCUT2D eigenvalue weighted by Gasteiger charge is -2.09. The van der Waals surface area contributed by atoms with Crippen molar-refractivity contribution in [2.45, 2.75) is 13.3 Å². The third kappa shape index (κ3) is 4.52. The molecule has 0 spiro atoms. The number of carbonyl (C=O) groups is 1. The first-order valence-electron chi connectivity index (χ1n) is 9.36. The zero-order chi connectivity index (χ0) is 20.1. The van der Waals surface area contributed by atoms with Crippen LogP contribution in [-0.4, -0.2) is 20.9 Å². The van der Waals surface area contributed by atoms with Crippen molar-refractivity contribution < 1.29 is 4.79 Å². The molecular weight excluding hydrogens is 360 g/mol. The second-order valence-electron chi connectivity index (χ2n) is 6.76. The summed E-state index contributed by atoms with van der Waals surface area (Å²) in [4.78, 5) is 25.1. The highest BCUT2D eigenvalue weighted by molar-refractivity contribution is 5.91. The number of aryl methyl sites for hydroxylation is 1. The first-order valence-corrected chi connectivity index (χ1v) is 9.36. The molecule has 1 amide bonds. The van der Waals surface area contributed by atoms with Crippen LogP contribution in [0, 0.1) is 6.92 Å². The molecule has 0 aliphatic heterocycles. The van der Waals surface area contributed by atoms with Crippen LogP contribution in [0.4, 0.5) is 5.82 Å². The van der Waals surface area contributed by atoms with E-state index in [2.05, 4.69) is 27.2 Å². The smallest absolute Gasteiger partial charge is 0.229 e. The van der Waals surface area contributed by atoms with E-state index in [9.17, 15) is 4.79 Å². The summed E-state index contributed by atoms with van der Waals surface area (Å²) in [7, 11) is 0. The van der Waals surface area contributed by atoms with Crippen LogP contribution in [0.15, 0.2) is 85.5 Å². The van der Waals surface area contributed by atoms with Crippen molar-refractivity contribution in [1.82, 2.24) is 15.0 Å². The number of nitrogens with one attached hydrogen (secondary N) is 1. The van der Waals surface area contributed by atoms with Crippen molar-refractivity contribution >= 4 is 11.7 Å². The fourth-order valence-corrected chi connectivity index (χ4v) is 3.22. The monoisotopic (exact) mass is 380 g/mol. The summed E-state index contributed by atoms with van der Waals surface area (Å²) in [6.45, 7) is 2.05. The number of hydrogen-bond acceptors (Lipinski definition) is 4. The van der Waals surface area contributed by atoms with Crippen LogP contribution in [0.1, 0.15) is 11.1 Å². The predicted octanol–water partition coefficient (Wildman–Crippen LogP) is 4.70. The Morgan fingerprint density at radius 3 is 2.45 bits per heavy atom. The highest BCUT2D eigenvalue weighted by Gasteiger charge is 2.08. The van der Waals surface area contributed by atoms with E-state index in [-0.39, 0.29) is 5.91 Å². The van der Waals surface area contributed by atoms with E-state index in [0.717, 1.165) is 33.5 Å². The van der Waals surface area contributed by atoms with E-state index in [1.807, 2.05) is 54.6 Å². The second kappa shape index (κ2) is 8.44. The minimum Gasteiger partial charge on any atom is -0.310 e. The van der Waals surface area contributed by atoms with Crippen LogP contribution >= 0.6 is 0 Å². The van der Waals surface area contributed by atoms with Gasteiger partial charge < -0.3 is 5.32 Å². The molecule has 29 heavy (non-hydrogen) atoms. The molecule has 0 radical (unpaired) electrons. The van der Waals surface area contributed by atoms with Gasteiger partial charge in [0.05, 0.1) is 12.1 Å². The third-order valence-corrected chi connectivity index (χ3v) is 4.64. The van der Waals surface area contributed by atoms with Crippen molar-refractivity contribution in [2.75, 3.05) is 5.32 Å². The zero-order valence-corrected chi connectivity index (χ0v) is 16.0. The fraction of sp³-hybridized carbons (Fsp3) is 0.0833. The summed E-state index contributed by atoms with van der Waals surface area (Å²) >= 11 is 0. The van der Waals surface area contributed by atoms with Crippen LogP contribution in [-0.2, 0) is 11.2 Å². The number of carbonyl (C=O) groups excluding carboxylic acids is 1. The van der Waals surface area contributed by atoms with Crippen molar-refractivity contribution in [3.8, 4) is 22.4 Å². The van der Waals surface area contributed by atoms with Gasteiger partial charge in [-0.15, -0.1) is 0 Å². The molecular formula is C24H20N4O. The maximum Gasteiger partial charge on any atom is 0.229 e. The van der Waals surface area contributed by atoms with Crippen LogP contribution in [0.3, 0.4) is 0 Å². The lowest BCUT2D eigenvalue weighted by Crippen LogP contribution is -2.15. The molecule has 0 unspecified atom stereocenters. The van der Waals surface area contributed by atoms with Gasteiger partial charge in [-0.2, -0.15) is 0 Å². The minimum atomic E-state index is -0.0980. The summed E-state index contributed by atoms with van der Waals surface area (Å²) in [6, 6.07) is 19.5. The highest BCUT2D eigenvalue weighted by atomic mass is 16.1. The molecule has 5 heteroatoms. The van der Waals surface area contributed by atoms with Gasteiger partial charge in [0.2, 0.25) is 5.91 Å². The lowest BCUT2D eigenvalue weighted by atomic mass is 9.98. The van der Waals surface area contributed by atoms with Gasteiger partial charge in [0.25, 0.3) is 0 Å². The van der Waals surface area contributed by atoms with Gasteiger partial charge in [-0.3, -0.25) is 14.8 Å². The highest BCUT2D eigenvalue weighted by Crippen LogP contribution is 2.24. The standard InChI is InChI=1S/C24H20N4O/c1-17-14-18(5-7-21(17)19-9-12-25-13-10-19)15-24(29)28-23-8-6-20(16-27-23)22-4-2-3-11-26-22/h2-14,16H,15H2,1H3,(H,27,28,29). The number of nitrogens with zero attached hydrogens (tertiary/aromatic N) is 3. The van der Waals surface area contributed by atoms with Crippen LogP contribution in [0.2, 0.25) is 0 Å². The van der Waals surface area contributed by atoms with Crippen molar-refractivity contribution in [1.29, 1.82) is 0 Å². The third-order valence-electron chi connectivity index (χ3n) is 4.64. The van der Waals surface area contributed by atoms with Gasteiger partial charge in [0.15, 0.2) is 0 Å². The van der Waals surface area contributed by atoms with E-state index in [0.29, 0.717) is 12.2 Å². The van der Waals surface area contributed by atoms with E-state index in [1.54, 1.807) is 30.9 Å². The number of hydrogen-bond donors (Lipinski definition) is 1. The topological polar surface area (TPSA) is 67.8 Å². The predicted molar refractivity (Wildman–Crippen MR) is 114 cm³/mol. The van der Waals surface area contributed by atoms with Gasteiger partial charge in [-0.25, -0.2) is 4.98 Å². The SMILES string of the molecule is Cc1cc(CC(=O)Nc2ccc(-c3ccccn3)cn2)ccc1-c1ccncc1. The Morgan fingerprint density at radius 2 is 1.76 bits per heavy atom. The summed E-state index contributed by atoms with van der Waals surface area (Å²) in [5.41, 5.74) is 6.10. The maximum atomic E-state index is 12.4. The molecule has 4 rings (SSSR count). The summed E-state index contributed by atoms with van der Waals surface area (Å²) in [6.07, 6.45) is 7.31. The minimum absolute atomic E-state index is 0.0980. The number of amides is 1. The normalized spacial score (nSPS) is 10.5. The number of aromatic nitrogens is 3. The average Bonchev–Trinajstić information content (AvgIpc) is 2.75. The quantitative estimate of drug-likeness (QED) is 0.545. The molecule has 3 aromatic heterocycles. The number of pyridine rings is 3. The van der Waals surface area contributed by atoms with Gasteiger partial charge in [-0.1, -0.05) is 24.3 Å². The van der Waals surface area contributed by atoms with Gasteiger partial charge >= 0.3 is 0 Å². The van der Waals surface area contributed by atoms with E-state index >= 15 is 0 Å². The summed E-state index contributed by atoms with van der Waals surface area (Å²) in [5, 5.41) is 2.86. The summed E-state index contributed by atoms with van der Waals surface area (Å²) < 4.78 is 0. The molecule has 0 aliphatic rings. The molecule has 0 atom stereocenters. The molecule has 0 bridgehead atoms. The molecule has 0 aliphatic carbocycles. The molecule has 0 fully saturated rings. The first kappa shape index (κ1) is 18.5. The first-order chi connectivity index (χ1) is 14.2. The maximum absolute atomic E-state index is 12.4. The Bertz CT molecular complexity index is 1110. The number of rotatable bonds is 5. The van der Waals surface area contributed by atoms with Crippen LogP contribution in [0.5, 0.6) is 0 Å². The van der Waals surface area contributed by atoms with Gasteiger partial charge in [-0.05, 0) is 65.6 Å². The van der Waals surface area contributed by atoms with E-state index in [1.165, 1.54) is 0 Å². The van der Waals surface area contributed by atoms with Crippen molar-refractivity contribution in [3.05, 3.63) is 96.6 Å².